The van der Waals surface area contributed by atoms with Crippen LogP contribution in [0.25, 0.3) is 16.9 Å². The minimum Gasteiger partial charge on any atom is -0.507 e. The van der Waals surface area contributed by atoms with E-state index in [-0.39, 0.29) is 17.5 Å². The molecule has 3 aromatic rings. The molecular formula is C27H30FN7O3. The van der Waals surface area contributed by atoms with Gasteiger partial charge in [-0.05, 0) is 64.3 Å². The van der Waals surface area contributed by atoms with Crippen LogP contribution in [-0.4, -0.2) is 72.8 Å². The normalized spacial score (nSPS) is 22.7. The van der Waals surface area contributed by atoms with Crippen LogP contribution < -0.4 is 4.90 Å². The number of carbonyl (C=O) groups excluding carboxylic acids is 1. The van der Waals surface area contributed by atoms with Gasteiger partial charge in [-0.3, -0.25) is 4.90 Å². The highest BCUT2D eigenvalue weighted by molar-refractivity contribution is 5.70. The van der Waals surface area contributed by atoms with Gasteiger partial charge in [-0.2, -0.15) is 5.26 Å². The molecule has 198 valence electrons. The molecule has 2 aromatic heterocycles. The van der Waals surface area contributed by atoms with Crippen LogP contribution in [0.5, 0.6) is 5.75 Å². The number of benzene rings is 1. The third-order valence-corrected chi connectivity index (χ3v) is 7.16. The monoisotopic (exact) mass is 519 g/mol. The fourth-order valence-corrected chi connectivity index (χ4v) is 5.34. The molecule has 1 amide bonds. The van der Waals surface area contributed by atoms with Crippen molar-refractivity contribution in [2.75, 3.05) is 11.9 Å². The van der Waals surface area contributed by atoms with Gasteiger partial charge in [0, 0.05) is 30.9 Å². The fourth-order valence-electron chi connectivity index (χ4n) is 5.34. The van der Waals surface area contributed by atoms with Crippen molar-refractivity contribution in [3.05, 3.63) is 48.5 Å². The number of carbonyl (C=O) groups is 1. The van der Waals surface area contributed by atoms with E-state index in [4.69, 9.17) is 10.00 Å². The van der Waals surface area contributed by atoms with E-state index in [0.29, 0.717) is 35.6 Å². The van der Waals surface area contributed by atoms with E-state index in [2.05, 4.69) is 15.2 Å². The number of phenolic OH excluding ortho intramolecular Hbond substituents is 1. The van der Waals surface area contributed by atoms with Gasteiger partial charge in [0.25, 0.3) is 0 Å². The Morgan fingerprint density at radius 3 is 2.66 bits per heavy atom. The van der Waals surface area contributed by atoms with Crippen molar-refractivity contribution in [1.29, 1.82) is 5.26 Å². The van der Waals surface area contributed by atoms with Crippen LogP contribution in [0, 0.1) is 11.3 Å². The quantitative estimate of drug-likeness (QED) is 0.544. The summed E-state index contributed by atoms with van der Waals surface area (Å²) in [4.78, 5) is 20.1. The summed E-state index contributed by atoms with van der Waals surface area (Å²) in [5.41, 5.74) is 1.24. The number of fused-ring (bicyclic) bond motifs is 2. The van der Waals surface area contributed by atoms with Gasteiger partial charge in [0.15, 0.2) is 11.5 Å². The third kappa shape index (κ3) is 4.74. The predicted molar refractivity (Wildman–Crippen MR) is 138 cm³/mol. The van der Waals surface area contributed by atoms with Crippen LogP contribution in [0.4, 0.5) is 15.0 Å². The molecule has 2 aliphatic rings. The Balaban J connectivity index is 1.30. The minimum absolute atomic E-state index is 0.0000227. The molecule has 0 aliphatic carbocycles. The number of halogens is 1. The lowest BCUT2D eigenvalue weighted by Gasteiger charge is -2.44. The van der Waals surface area contributed by atoms with E-state index >= 15 is 4.39 Å². The number of ether oxygens (including phenoxy) is 1. The number of alkyl halides is 1. The largest absolute Gasteiger partial charge is 0.507 e. The summed E-state index contributed by atoms with van der Waals surface area (Å²) in [6.07, 6.45) is 3.18. The first-order chi connectivity index (χ1) is 18.1. The minimum atomic E-state index is -1.26. The number of amides is 1. The Bertz CT molecular complexity index is 1380. The fraction of sp³-hybridized carbons (Fsp3) is 0.444. The molecule has 0 saturated carbocycles. The van der Waals surface area contributed by atoms with E-state index in [0.717, 1.165) is 6.42 Å². The van der Waals surface area contributed by atoms with Crippen molar-refractivity contribution < 1.29 is 19.0 Å². The number of aromatic nitrogens is 4. The van der Waals surface area contributed by atoms with Crippen LogP contribution in [0.2, 0.25) is 0 Å². The van der Waals surface area contributed by atoms with E-state index in [1.54, 1.807) is 57.9 Å². The van der Waals surface area contributed by atoms with Crippen LogP contribution in [0.1, 0.15) is 45.7 Å². The Labute approximate surface area is 220 Å². The lowest BCUT2D eigenvalue weighted by atomic mass is 9.94. The Morgan fingerprint density at radius 1 is 1.24 bits per heavy atom. The molecule has 0 unspecified atom stereocenters. The van der Waals surface area contributed by atoms with Gasteiger partial charge in [0.05, 0.1) is 23.5 Å². The van der Waals surface area contributed by atoms with Crippen LogP contribution >= 0.6 is 0 Å². The van der Waals surface area contributed by atoms with Gasteiger partial charge in [-0.25, -0.2) is 14.2 Å². The van der Waals surface area contributed by atoms with E-state index in [1.165, 1.54) is 6.33 Å². The van der Waals surface area contributed by atoms with Crippen molar-refractivity contribution in [2.24, 2.45) is 0 Å². The van der Waals surface area contributed by atoms with Gasteiger partial charge in [-0.15, -0.1) is 10.2 Å². The first-order valence-electron chi connectivity index (χ1n) is 12.6. The third-order valence-electron chi connectivity index (χ3n) is 7.16. The Morgan fingerprint density at radius 2 is 2.03 bits per heavy atom. The molecule has 2 fully saturated rings. The van der Waals surface area contributed by atoms with Crippen molar-refractivity contribution in [3.8, 4) is 28.8 Å². The number of piperidine rings is 1. The van der Waals surface area contributed by atoms with Crippen molar-refractivity contribution in [1.82, 2.24) is 24.6 Å². The van der Waals surface area contributed by atoms with Crippen LogP contribution in [0.3, 0.4) is 0 Å². The number of nitrogens with zero attached hydrogens (tertiary/aromatic N) is 7. The number of anilines is 1. The molecule has 0 radical (unpaired) electrons. The number of imidazole rings is 1. The number of aromatic hydroxyl groups is 1. The van der Waals surface area contributed by atoms with E-state index in [9.17, 15) is 9.90 Å². The van der Waals surface area contributed by atoms with Gasteiger partial charge >= 0.3 is 6.09 Å². The summed E-state index contributed by atoms with van der Waals surface area (Å²) in [6, 6.07) is 9.44. The molecule has 2 aliphatic heterocycles. The topological polar surface area (TPSA) is 120 Å². The number of phenols is 1. The molecule has 0 spiro atoms. The highest BCUT2D eigenvalue weighted by Crippen LogP contribution is 2.41. The summed E-state index contributed by atoms with van der Waals surface area (Å²) < 4.78 is 22.9. The first-order valence-corrected chi connectivity index (χ1v) is 12.6. The standard InChI is InChI=1S/C27H30FN7O3/c1-27(2,3)38-26(37)35-18-6-9-21(35)25(28)22(11-18)33(4)24-10-8-20(31-32-24)19-7-5-17(12-23(19)36)34-14-16(13-29)30-15-34/h5,7-8,10,12,14-15,18,21-22,25,36H,6,9,11H2,1-4H3/t18-,21-,22-,25+/m1/s1. The lowest BCUT2D eigenvalue weighted by Crippen LogP contribution is -2.59. The maximum atomic E-state index is 15.7. The Kier molecular flexibility index (Phi) is 6.42. The molecule has 4 atom stereocenters. The number of hydrogen-bond donors (Lipinski definition) is 1. The summed E-state index contributed by atoms with van der Waals surface area (Å²) in [5, 5.41) is 28.2. The zero-order valence-electron chi connectivity index (χ0n) is 21.7. The number of rotatable bonds is 4. The van der Waals surface area contributed by atoms with Gasteiger partial charge in [0.1, 0.15) is 29.9 Å². The first kappa shape index (κ1) is 25.4. The summed E-state index contributed by atoms with van der Waals surface area (Å²) in [5.74, 6) is 0.505. The molecule has 2 saturated heterocycles. The number of hydrogen-bond acceptors (Lipinski definition) is 8. The average molecular weight is 520 g/mol. The lowest BCUT2D eigenvalue weighted by molar-refractivity contribution is -0.0104. The SMILES string of the molecule is CN(c1ccc(-c2ccc(-n3cnc(C#N)c3)cc2O)nn1)[C@@H]1C[C@H]2CC[C@H]([C@@H]1F)N2C(=O)OC(C)(C)C. The molecular weight excluding hydrogens is 489 g/mol. The zero-order valence-corrected chi connectivity index (χ0v) is 21.7. The van der Waals surface area contributed by atoms with Crippen molar-refractivity contribution in [3.63, 3.8) is 0 Å². The zero-order chi connectivity index (χ0) is 27.2. The summed E-state index contributed by atoms with van der Waals surface area (Å²) in [6.45, 7) is 5.42. The maximum absolute atomic E-state index is 15.7. The van der Waals surface area contributed by atoms with Crippen LogP contribution in [0.15, 0.2) is 42.9 Å². The molecule has 4 heterocycles. The summed E-state index contributed by atoms with van der Waals surface area (Å²) in [7, 11) is 1.79. The second-order valence-electron chi connectivity index (χ2n) is 10.8. The van der Waals surface area contributed by atoms with E-state index in [1.807, 2.05) is 26.8 Å². The van der Waals surface area contributed by atoms with Gasteiger partial charge in [-0.1, -0.05) is 0 Å². The predicted octanol–water partition coefficient (Wildman–Crippen LogP) is 4.22. The Hall–Kier alpha value is -4.20. The van der Waals surface area contributed by atoms with E-state index < -0.39 is 29.9 Å². The second-order valence-corrected chi connectivity index (χ2v) is 10.8. The van der Waals surface area contributed by atoms with Crippen LogP contribution in [-0.2, 0) is 4.74 Å². The molecule has 2 bridgehead atoms. The molecule has 1 aromatic carbocycles. The highest BCUT2D eigenvalue weighted by Gasteiger charge is 2.52. The molecule has 38 heavy (non-hydrogen) atoms. The average Bonchev–Trinajstić information content (AvgIpc) is 3.49. The van der Waals surface area contributed by atoms with Crippen molar-refractivity contribution >= 4 is 11.9 Å². The van der Waals surface area contributed by atoms with Gasteiger partial charge < -0.3 is 19.3 Å². The highest BCUT2D eigenvalue weighted by atomic mass is 19.1. The molecule has 11 heteroatoms. The summed E-state index contributed by atoms with van der Waals surface area (Å²) >= 11 is 0. The molecule has 5 rings (SSSR count). The smallest absolute Gasteiger partial charge is 0.410 e. The number of nitriles is 1. The van der Waals surface area contributed by atoms with Crippen molar-refractivity contribution in [2.45, 2.75) is 69.9 Å². The maximum Gasteiger partial charge on any atom is 0.410 e. The van der Waals surface area contributed by atoms with Gasteiger partial charge in [0.2, 0.25) is 0 Å². The second kappa shape index (κ2) is 9.59. The molecule has 1 N–H and O–H groups in total. The molecule has 10 nitrogen and oxygen atoms in total.